The summed E-state index contributed by atoms with van der Waals surface area (Å²) in [5.74, 6) is -0.177. The van der Waals surface area contributed by atoms with Crippen molar-refractivity contribution < 1.29 is 4.79 Å². The second kappa shape index (κ2) is 5.51. The van der Waals surface area contributed by atoms with Crippen LogP contribution < -0.4 is 11.1 Å². The van der Waals surface area contributed by atoms with Crippen molar-refractivity contribution in [1.82, 2.24) is 9.78 Å². The molecule has 0 aliphatic carbocycles. The van der Waals surface area contributed by atoms with Crippen LogP contribution in [-0.4, -0.2) is 21.7 Å². The van der Waals surface area contributed by atoms with E-state index in [1.807, 2.05) is 34.7 Å². The highest BCUT2D eigenvalue weighted by molar-refractivity contribution is 5.95. The van der Waals surface area contributed by atoms with Gasteiger partial charge >= 0.3 is 0 Å². The van der Waals surface area contributed by atoms with E-state index in [0.717, 1.165) is 5.69 Å². The molecule has 1 rings (SSSR count). The monoisotopic (exact) mass is 260 g/mol. The normalized spacial score (nSPS) is 12.8. The van der Waals surface area contributed by atoms with Crippen LogP contribution in [0.4, 0.5) is 5.69 Å². The zero-order valence-electron chi connectivity index (χ0n) is 10.9. The van der Waals surface area contributed by atoms with Gasteiger partial charge in [-0.25, -0.2) is 0 Å². The van der Waals surface area contributed by atoms with Crippen LogP contribution in [0.2, 0.25) is 0 Å². The zero-order chi connectivity index (χ0) is 12.5. The van der Waals surface area contributed by atoms with E-state index >= 15 is 0 Å². The van der Waals surface area contributed by atoms with Crippen molar-refractivity contribution in [2.24, 2.45) is 18.2 Å². The van der Waals surface area contributed by atoms with Crippen molar-refractivity contribution in [3.05, 3.63) is 11.9 Å². The van der Waals surface area contributed by atoms with Crippen LogP contribution in [-0.2, 0) is 11.8 Å². The molecule has 0 aromatic carbocycles. The van der Waals surface area contributed by atoms with Gasteiger partial charge in [0.25, 0.3) is 0 Å². The standard InChI is InChI=1S/C11H20N4O.ClH/c1-7-8(6-13-15(7)5)14-10(16)9(12)11(2,3)4;/h6,9H,12H2,1-5H3,(H,14,16);1H/t9-;/m1./s1. The molecule has 0 saturated carbocycles. The van der Waals surface area contributed by atoms with Crippen molar-refractivity contribution in [2.75, 3.05) is 5.32 Å². The summed E-state index contributed by atoms with van der Waals surface area (Å²) >= 11 is 0. The molecular formula is C11H21ClN4O. The fraction of sp³-hybridized carbons (Fsp3) is 0.636. The van der Waals surface area contributed by atoms with E-state index in [1.165, 1.54) is 0 Å². The molecule has 0 fully saturated rings. The van der Waals surface area contributed by atoms with Gasteiger partial charge in [0.05, 0.1) is 23.6 Å². The molecule has 5 nitrogen and oxygen atoms in total. The lowest BCUT2D eigenvalue weighted by molar-refractivity contribution is -0.119. The van der Waals surface area contributed by atoms with Gasteiger partial charge in [-0.15, -0.1) is 12.4 Å². The van der Waals surface area contributed by atoms with Crippen molar-refractivity contribution in [3.63, 3.8) is 0 Å². The minimum absolute atomic E-state index is 0. The first kappa shape index (κ1) is 15.9. The minimum Gasteiger partial charge on any atom is -0.322 e. The highest BCUT2D eigenvalue weighted by Gasteiger charge is 2.27. The third kappa shape index (κ3) is 3.71. The molecule has 0 aliphatic rings. The lowest BCUT2D eigenvalue weighted by Gasteiger charge is -2.25. The molecule has 0 radical (unpaired) electrons. The summed E-state index contributed by atoms with van der Waals surface area (Å²) in [6, 6.07) is -0.535. The molecule has 17 heavy (non-hydrogen) atoms. The summed E-state index contributed by atoms with van der Waals surface area (Å²) < 4.78 is 1.71. The maximum Gasteiger partial charge on any atom is 0.241 e. The number of carbonyl (C=O) groups excluding carboxylic acids is 1. The van der Waals surface area contributed by atoms with Crippen molar-refractivity contribution >= 4 is 24.0 Å². The third-order valence-electron chi connectivity index (χ3n) is 2.71. The van der Waals surface area contributed by atoms with Crippen LogP contribution >= 0.6 is 12.4 Å². The average molecular weight is 261 g/mol. The molecular weight excluding hydrogens is 240 g/mol. The van der Waals surface area contributed by atoms with Gasteiger partial charge in [-0.1, -0.05) is 20.8 Å². The number of hydrogen-bond acceptors (Lipinski definition) is 3. The number of rotatable bonds is 2. The first-order valence-corrected chi connectivity index (χ1v) is 5.28. The predicted molar refractivity (Wildman–Crippen MR) is 71.3 cm³/mol. The fourth-order valence-corrected chi connectivity index (χ4v) is 1.23. The van der Waals surface area contributed by atoms with Crippen LogP contribution in [0.15, 0.2) is 6.20 Å². The van der Waals surface area contributed by atoms with Crippen LogP contribution in [0.5, 0.6) is 0 Å². The van der Waals surface area contributed by atoms with Gasteiger partial charge < -0.3 is 11.1 Å². The highest BCUT2D eigenvalue weighted by atomic mass is 35.5. The van der Waals surface area contributed by atoms with Gasteiger partial charge in [0.1, 0.15) is 0 Å². The van der Waals surface area contributed by atoms with Gasteiger partial charge in [-0.3, -0.25) is 9.48 Å². The number of anilines is 1. The molecule has 1 aromatic rings. The van der Waals surface area contributed by atoms with E-state index in [-0.39, 0.29) is 23.7 Å². The van der Waals surface area contributed by atoms with Crippen molar-refractivity contribution in [2.45, 2.75) is 33.7 Å². The van der Waals surface area contributed by atoms with Gasteiger partial charge in [-0.2, -0.15) is 5.10 Å². The summed E-state index contributed by atoms with van der Waals surface area (Å²) in [5.41, 5.74) is 7.24. The average Bonchev–Trinajstić information content (AvgIpc) is 2.47. The quantitative estimate of drug-likeness (QED) is 0.846. The van der Waals surface area contributed by atoms with Crippen LogP contribution in [0, 0.1) is 12.3 Å². The molecule has 0 saturated heterocycles. The first-order chi connectivity index (χ1) is 7.23. The summed E-state index contributed by atoms with van der Waals surface area (Å²) in [6.45, 7) is 7.71. The minimum atomic E-state index is -0.535. The van der Waals surface area contributed by atoms with Gasteiger partial charge in [-0.05, 0) is 12.3 Å². The number of nitrogens with one attached hydrogen (secondary N) is 1. The molecule has 1 heterocycles. The highest BCUT2D eigenvalue weighted by Crippen LogP contribution is 2.19. The second-order valence-electron chi connectivity index (χ2n) is 5.10. The van der Waals surface area contributed by atoms with Gasteiger partial charge in [0.15, 0.2) is 0 Å². The Morgan fingerprint density at radius 3 is 2.41 bits per heavy atom. The molecule has 6 heteroatoms. The Morgan fingerprint density at radius 2 is 2.06 bits per heavy atom. The molecule has 1 amide bonds. The number of amides is 1. The Morgan fingerprint density at radius 1 is 1.53 bits per heavy atom. The van der Waals surface area contributed by atoms with E-state index in [1.54, 1.807) is 10.9 Å². The number of aryl methyl sites for hydroxylation is 1. The smallest absolute Gasteiger partial charge is 0.241 e. The number of aromatic nitrogens is 2. The molecule has 3 N–H and O–H groups in total. The third-order valence-corrected chi connectivity index (χ3v) is 2.71. The second-order valence-corrected chi connectivity index (χ2v) is 5.10. The Kier molecular flexibility index (Phi) is 5.16. The summed E-state index contributed by atoms with van der Waals surface area (Å²) in [4.78, 5) is 11.8. The van der Waals surface area contributed by atoms with E-state index in [0.29, 0.717) is 5.69 Å². The van der Waals surface area contributed by atoms with E-state index in [4.69, 9.17) is 5.73 Å². The summed E-state index contributed by atoms with van der Waals surface area (Å²) in [6.07, 6.45) is 1.63. The Bertz CT molecular complexity index is 395. The molecule has 1 aromatic heterocycles. The van der Waals surface area contributed by atoms with E-state index in [9.17, 15) is 4.79 Å². The number of halogens is 1. The topological polar surface area (TPSA) is 72.9 Å². The lowest BCUT2D eigenvalue weighted by atomic mass is 9.87. The maximum atomic E-state index is 11.8. The molecule has 0 unspecified atom stereocenters. The summed E-state index contributed by atoms with van der Waals surface area (Å²) in [7, 11) is 1.83. The van der Waals surface area contributed by atoms with Crippen molar-refractivity contribution in [1.29, 1.82) is 0 Å². The Labute approximate surface area is 108 Å². The first-order valence-electron chi connectivity index (χ1n) is 5.28. The fourth-order valence-electron chi connectivity index (χ4n) is 1.23. The van der Waals surface area contributed by atoms with Crippen LogP contribution in [0.25, 0.3) is 0 Å². The summed E-state index contributed by atoms with van der Waals surface area (Å²) in [5, 5.41) is 6.84. The van der Waals surface area contributed by atoms with Crippen LogP contribution in [0.1, 0.15) is 26.5 Å². The number of nitrogens with zero attached hydrogens (tertiary/aromatic N) is 2. The SMILES string of the molecule is Cc1c(NC(=O)[C@@H](N)C(C)(C)C)cnn1C.Cl. The molecule has 0 aliphatic heterocycles. The molecule has 98 valence electrons. The number of nitrogens with two attached hydrogens (primary N) is 1. The Balaban J connectivity index is 0.00000256. The van der Waals surface area contributed by atoms with E-state index < -0.39 is 6.04 Å². The zero-order valence-corrected chi connectivity index (χ0v) is 11.8. The Hall–Kier alpha value is -1.07. The van der Waals surface area contributed by atoms with Crippen molar-refractivity contribution in [3.8, 4) is 0 Å². The van der Waals surface area contributed by atoms with Gasteiger partial charge in [0, 0.05) is 7.05 Å². The van der Waals surface area contributed by atoms with E-state index in [2.05, 4.69) is 10.4 Å². The molecule has 1 atom stereocenters. The van der Waals surface area contributed by atoms with Crippen LogP contribution in [0.3, 0.4) is 0 Å². The molecule has 0 spiro atoms. The largest absolute Gasteiger partial charge is 0.322 e. The number of carbonyl (C=O) groups is 1. The lowest BCUT2D eigenvalue weighted by Crippen LogP contribution is -2.45. The molecule has 0 bridgehead atoms. The van der Waals surface area contributed by atoms with Gasteiger partial charge in [0.2, 0.25) is 5.91 Å². The predicted octanol–water partition coefficient (Wildman–Crippen LogP) is 1.46. The number of hydrogen-bond donors (Lipinski definition) is 2. The maximum absolute atomic E-state index is 11.8.